The van der Waals surface area contributed by atoms with E-state index in [-0.39, 0.29) is 5.97 Å². The summed E-state index contributed by atoms with van der Waals surface area (Å²) in [5.74, 6) is -0.0522. The number of carbonyl (C=O) groups excluding carboxylic acids is 1. The Kier molecular flexibility index (Phi) is 16.7. The molecule has 0 heterocycles. The number of hydrogen-bond acceptors (Lipinski definition) is 2. The van der Waals surface area contributed by atoms with Gasteiger partial charge < -0.3 is 4.74 Å². The van der Waals surface area contributed by atoms with Gasteiger partial charge in [0.2, 0.25) is 0 Å². The Labute approximate surface area is 137 Å². The van der Waals surface area contributed by atoms with Crippen LogP contribution in [0.15, 0.2) is 36.5 Å². The van der Waals surface area contributed by atoms with Gasteiger partial charge in [0.25, 0.3) is 0 Å². The molecule has 0 atom stereocenters. The Balaban J connectivity index is 3.27. The summed E-state index contributed by atoms with van der Waals surface area (Å²) in [5, 5.41) is 0. The molecule has 0 aromatic carbocycles. The fourth-order valence-electron chi connectivity index (χ4n) is 2.12. The van der Waals surface area contributed by atoms with E-state index in [9.17, 15) is 4.79 Å². The molecule has 2 heteroatoms. The monoisotopic (exact) mass is 324 g/mol. The molecule has 0 saturated carbocycles. The first-order chi connectivity index (χ1) is 10.8. The summed E-state index contributed by atoms with van der Waals surface area (Å²) in [5.41, 5.74) is 0. The fourth-order valence-corrected chi connectivity index (χ4v) is 2.12. The zero-order valence-electron chi connectivity index (χ0n) is 14.6. The van der Waals surface area contributed by atoms with Crippen LogP contribution in [-0.2, 0) is 9.53 Å². The normalized spacial score (nSPS) is 11.9. The van der Waals surface area contributed by atoms with Crippen molar-refractivity contribution in [3.63, 3.8) is 0 Å². The van der Waals surface area contributed by atoms with E-state index in [1.807, 2.05) is 6.92 Å². The van der Waals surface area contributed by atoms with Crippen LogP contribution in [-0.4, -0.2) is 12.6 Å². The second kappa shape index (κ2) is 17.7. The Morgan fingerprint density at radius 1 is 0.773 bits per heavy atom. The predicted octanol–water partition coefficient (Wildman–Crippen LogP) is 6.14. The number of allylic oxidation sites excluding steroid dienone is 6. The quantitative estimate of drug-likeness (QED) is 0.166. The third kappa shape index (κ3) is 16.7. The lowest BCUT2D eigenvalue weighted by atomic mass is 10.9. The Morgan fingerprint density at radius 2 is 1.36 bits per heavy atom. The molecule has 0 saturated heterocycles. The summed E-state index contributed by atoms with van der Waals surface area (Å²) in [4.78, 5) is 11.1. The summed E-state index contributed by atoms with van der Waals surface area (Å²) in [7, 11) is 0. The lowest BCUT2D eigenvalue weighted by Crippen LogP contribution is -2.03. The van der Waals surface area contributed by atoms with Crippen LogP contribution >= 0.6 is 0 Å². The first kappa shape index (κ1) is 20.7. The van der Waals surface area contributed by atoms with Crippen molar-refractivity contribution in [2.75, 3.05) is 6.61 Å². The van der Waals surface area contributed by atoms with Gasteiger partial charge >= 0.3 is 5.97 Å². The van der Waals surface area contributed by atoms with Gasteiger partial charge in [-0.15, -0.1) is 0 Å². The number of carbonyl (C=O) groups is 1. The van der Waals surface area contributed by atoms with Crippen molar-refractivity contribution in [3.8, 4) is 0 Å². The molecule has 0 N–H and O–H groups in total. The average molecular weight is 324 g/mol. The van der Waals surface area contributed by atoms with Crippen molar-refractivity contribution in [2.45, 2.75) is 78.1 Å². The summed E-state index contributed by atoms with van der Waals surface area (Å²) in [6, 6.07) is 0. The van der Waals surface area contributed by atoms with Gasteiger partial charge in [0.15, 0.2) is 0 Å². The topological polar surface area (TPSA) is 26.3 Å². The Bertz CT molecular complexity index is 327. The highest BCUT2D eigenvalue weighted by molar-refractivity contribution is 5.69. The summed E-state index contributed by atoms with van der Waals surface area (Å²) < 4.78 is 4.90. The molecule has 0 aliphatic rings. The molecule has 22 heavy (non-hydrogen) atoms. The van der Waals surface area contributed by atoms with Crippen LogP contribution in [0.25, 0.3) is 0 Å². The minimum Gasteiger partial charge on any atom is -0.466 e. The molecular weight excluding hydrogens is 290 g/mol. The van der Waals surface area contributed by atoms with Gasteiger partial charge in [-0.3, -0.25) is 4.79 Å². The van der Waals surface area contributed by atoms with Crippen LogP contribution < -0.4 is 0 Å². The second-order valence-electron chi connectivity index (χ2n) is 5.41. The SMILES string of the molecule is CCO[13C](=O)[13CH2][13CH2][13CH2][13CH2][13CH2][13CH2][13CH2]/[13CH]=[13CH]\[13CH2]/[13CH]=[13CH]\[13CH2]/[13CH]=[13CH]\[13CH2][13CH3]. The lowest BCUT2D eigenvalue weighted by molar-refractivity contribution is -0.143. The van der Waals surface area contributed by atoms with E-state index in [0.29, 0.717) is 13.0 Å². The van der Waals surface area contributed by atoms with E-state index in [2.05, 4.69) is 43.4 Å². The van der Waals surface area contributed by atoms with Gasteiger partial charge in [0.1, 0.15) is 0 Å². The molecule has 0 radical (unpaired) electrons. The van der Waals surface area contributed by atoms with E-state index < -0.39 is 0 Å². The second-order valence-corrected chi connectivity index (χ2v) is 5.41. The van der Waals surface area contributed by atoms with E-state index >= 15 is 0 Å². The van der Waals surface area contributed by atoms with Crippen molar-refractivity contribution in [3.05, 3.63) is 36.5 Å². The van der Waals surface area contributed by atoms with Crippen LogP contribution in [0, 0.1) is 0 Å². The molecule has 2 nitrogen and oxygen atoms in total. The van der Waals surface area contributed by atoms with Crippen LogP contribution in [0.3, 0.4) is 0 Å². The van der Waals surface area contributed by atoms with Crippen molar-refractivity contribution >= 4 is 5.97 Å². The molecule has 0 bridgehead atoms. The van der Waals surface area contributed by atoms with Crippen molar-refractivity contribution < 1.29 is 9.53 Å². The van der Waals surface area contributed by atoms with Crippen LogP contribution in [0.2, 0.25) is 0 Å². The van der Waals surface area contributed by atoms with Gasteiger partial charge in [-0.1, -0.05) is 62.6 Å². The maximum absolute atomic E-state index is 11.1. The molecule has 0 unspecified atom stereocenters. The molecule has 0 aromatic heterocycles. The van der Waals surface area contributed by atoms with Gasteiger partial charge in [0.05, 0.1) is 6.61 Å². The largest absolute Gasteiger partial charge is 0.466 e. The summed E-state index contributed by atoms with van der Waals surface area (Å²) in [6.45, 7) is 4.50. The third-order valence-corrected chi connectivity index (χ3v) is 3.34. The molecule has 0 aromatic rings. The molecule has 0 aliphatic heterocycles. The minimum atomic E-state index is -0.0522. The van der Waals surface area contributed by atoms with Crippen molar-refractivity contribution in [2.24, 2.45) is 0 Å². The molecular formula is C20H34O2. The summed E-state index contributed by atoms with van der Waals surface area (Å²) >= 11 is 0. The van der Waals surface area contributed by atoms with E-state index in [4.69, 9.17) is 4.74 Å². The molecule has 0 spiro atoms. The van der Waals surface area contributed by atoms with Crippen LogP contribution in [0.4, 0.5) is 0 Å². The van der Waals surface area contributed by atoms with Crippen molar-refractivity contribution in [1.29, 1.82) is 0 Å². The van der Waals surface area contributed by atoms with Gasteiger partial charge in [-0.05, 0) is 45.4 Å². The van der Waals surface area contributed by atoms with Crippen LogP contribution in [0.1, 0.15) is 78.1 Å². The first-order valence-electron chi connectivity index (χ1n) is 8.91. The zero-order chi connectivity index (χ0) is 16.3. The van der Waals surface area contributed by atoms with E-state index in [1.165, 1.54) is 25.7 Å². The number of hydrogen-bond donors (Lipinski definition) is 0. The smallest absolute Gasteiger partial charge is 0.305 e. The molecule has 0 aliphatic carbocycles. The number of ether oxygens (including phenoxy) is 1. The maximum atomic E-state index is 11.1. The number of unbranched alkanes of at least 4 members (excludes halogenated alkanes) is 5. The first-order valence-corrected chi connectivity index (χ1v) is 8.91. The zero-order valence-corrected chi connectivity index (χ0v) is 14.6. The standard InChI is InChI=1S/C20H34O2/c1-3-5-6-7-8-9-10-11-12-13-14-15-16-17-18-19-20(21)22-4-2/h5-6,8-9,11-12H,3-4,7,10,13-19H2,1-2H3/b6-5-,9-8-,12-11-/i1+1,3+1,5+1,6+1,7+1,8+1,9+1,10+1,11+1,12+1,13+1,14+1,15+1,16+1,17+1,18+1,19+1,20+1. The van der Waals surface area contributed by atoms with Crippen LogP contribution in [0.5, 0.6) is 0 Å². The number of esters is 1. The highest BCUT2D eigenvalue weighted by Gasteiger charge is 2.00. The molecule has 0 amide bonds. The molecule has 126 valence electrons. The minimum absolute atomic E-state index is 0.0522. The molecule has 0 fully saturated rings. The van der Waals surface area contributed by atoms with E-state index in [1.54, 1.807) is 0 Å². The summed E-state index contributed by atoms with van der Waals surface area (Å²) in [6.07, 6.45) is 24.2. The van der Waals surface area contributed by atoms with Gasteiger partial charge in [-0.2, -0.15) is 0 Å². The fraction of sp³-hybridized carbons (Fsp3) is 0.650. The average Bonchev–Trinajstić information content (AvgIpc) is 2.51. The van der Waals surface area contributed by atoms with Gasteiger partial charge in [0, 0.05) is 6.42 Å². The third-order valence-electron chi connectivity index (χ3n) is 3.34. The highest BCUT2D eigenvalue weighted by atomic mass is 16.6. The van der Waals surface area contributed by atoms with Crippen molar-refractivity contribution in [1.82, 2.24) is 0 Å². The lowest BCUT2D eigenvalue weighted by Gasteiger charge is -2.01. The van der Waals surface area contributed by atoms with Gasteiger partial charge in [-0.25, -0.2) is 0 Å². The number of rotatable bonds is 14. The Morgan fingerprint density at radius 3 is 2.05 bits per heavy atom. The Hall–Kier alpha value is -1.31. The molecule has 0 rings (SSSR count). The maximum Gasteiger partial charge on any atom is 0.305 e. The van der Waals surface area contributed by atoms with E-state index in [0.717, 1.165) is 32.1 Å². The predicted molar refractivity (Wildman–Crippen MR) is 95.9 cm³/mol. The highest BCUT2D eigenvalue weighted by Crippen LogP contribution is 2.08.